The minimum absolute atomic E-state index is 0.351. The van der Waals surface area contributed by atoms with Crippen molar-refractivity contribution in [3.05, 3.63) is 0 Å². The summed E-state index contributed by atoms with van der Waals surface area (Å²) in [5.74, 6) is 6.86. The fourth-order valence-corrected chi connectivity index (χ4v) is 9.70. The van der Waals surface area contributed by atoms with Gasteiger partial charge in [0.15, 0.2) is 0 Å². The highest BCUT2D eigenvalue weighted by Gasteiger charge is 2.63. The van der Waals surface area contributed by atoms with Crippen LogP contribution in [0.1, 0.15) is 112 Å². The molecule has 0 amide bonds. The first-order valence-corrected chi connectivity index (χ1v) is 13.4. The molecule has 1 heteroatoms. The minimum Gasteiger partial charge on any atom is -0.370 e. The molecule has 0 aromatic carbocycles. The molecule has 166 valence electrons. The Kier molecular flexibility index (Phi) is 5.21. The molecule has 1 saturated heterocycles. The normalized spacial score (nSPS) is 52.1. The Hall–Kier alpha value is -0.0400. The fourth-order valence-electron chi connectivity index (χ4n) is 9.70. The lowest BCUT2D eigenvalue weighted by molar-refractivity contribution is -0.123. The summed E-state index contributed by atoms with van der Waals surface area (Å²) in [6.07, 6.45) is 17.7. The standard InChI is InChI=1S/C28H48O/c1-19(2)7-6-8-20(3)23-11-12-24-22-10-9-21-17-28(18-29-28)16-15-26(21,4)25(22)13-14-27(23,24)5/h19-25H,6-18H2,1-5H3/t20-,21?,22+,23-,24+,25+,26+,27-,28-/m1/s1. The number of epoxide rings is 1. The third kappa shape index (κ3) is 3.35. The van der Waals surface area contributed by atoms with Gasteiger partial charge in [-0.25, -0.2) is 0 Å². The van der Waals surface area contributed by atoms with Crippen molar-refractivity contribution in [1.29, 1.82) is 0 Å². The Morgan fingerprint density at radius 1 is 0.828 bits per heavy atom. The van der Waals surface area contributed by atoms with Crippen LogP contribution in [0.4, 0.5) is 0 Å². The first-order valence-electron chi connectivity index (χ1n) is 13.4. The van der Waals surface area contributed by atoms with E-state index in [-0.39, 0.29) is 0 Å². The maximum absolute atomic E-state index is 5.94. The van der Waals surface area contributed by atoms with E-state index in [0.29, 0.717) is 16.4 Å². The Labute approximate surface area is 181 Å². The van der Waals surface area contributed by atoms with Crippen molar-refractivity contribution in [2.45, 2.75) is 117 Å². The Bertz CT molecular complexity index is 605. The molecular weight excluding hydrogens is 352 g/mol. The molecule has 0 bridgehead atoms. The van der Waals surface area contributed by atoms with Crippen molar-refractivity contribution in [3.63, 3.8) is 0 Å². The van der Waals surface area contributed by atoms with Crippen LogP contribution in [-0.2, 0) is 4.74 Å². The predicted octanol–water partition coefficient (Wildman–Crippen LogP) is 7.88. The van der Waals surface area contributed by atoms with Gasteiger partial charge in [-0.05, 0) is 110 Å². The van der Waals surface area contributed by atoms with Crippen LogP contribution in [0.3, 0.4) is 0 Å². The smallest absolute Gasteiger partial charge is 0.0919 e. The number of ether oxygens (including phenoxy) is 1. The van der Waals surface area contributed by atoms with Crippen LogP contribution in [0, 0.1) is 52.3 Å². The lowest BCUT2D eigenvalue weighted by Crippen LogP contribution is -2.54. The first kappa shape index (κ1) is 20.8. The van der Waals surface area contributed by atoms with Gasteiger partial charge in [0.2, 0.25) is 0 Å². The average molecular weight is 401 g/mol. The molecule has 1 heterocycles. The second kappa shape index (κ2) is 7.25. The molecule has 1 nitrogen and oxygen atoms in total. The van der Waals surface area contributed by atoms with Crippen LogP contribution < -0.4 is 0 Å². The lowest BCUT2D eigenvalue weighted by atomic mass is 9.44. The molecule has 0 aromatic rings. The van der Waals surface area contributed by atoms with E-state index < -0.39 is 0 Å². The summed E-state index contributed by atoms with van der Waals surface area (Å²) in [5, 5.41) is 0. The zero-order chi connectivity index (χ0) is 20.4. The van der Waals surface area contributed by atoms with Gasteiger partial charge in [-0.15, -0.1) is 0 Å². The van der Waals surface area contributed by atoms with Crippen molar-refractivity contribution in [3.8, 4) is 0 Å². The predicted molar refractivity (Wildman–Crippen MR) is 122 cm³/mol. The molecular formula is C28H48O. The highest BCUT2D eigenvalue weighted by Crippen LogP contribution is 2.69. The van der Waals surface area contributed by atoms with Crippen LogP contribution in [0.15, 0.2) is 0 Å². The minimum atomic E-state index is 0.351. The molecule has 5 rings (SSSR count). The number of hydrogen-bond acceptors (Lipinski definition) is 1. The quantitative estimate of drug-likeness (QED) is 0.428. The zero-order valence-electron chi connectivity index (χ0n) is 20.1. The van der Waals surface area contributed by atoms with E-state index in [1.807, 2.05) is 0 Å². The van der Waals surface area contributed by atoms with Crippen molar-refractivity contribution in [1.82, 2.24) is 0 Å². The van der Waals surface area contributed by atoms with E-state index in [1.165, 1.54) is 70.6 Å². The van der Waals surface area contributed by atoms with E-state index in [1.54, 1.807) is 6.42 Å². The van der Waals surface area contributed by atoms with Crippen molar-refractivity contribution < 1.29 is 4.74 Å². The van der Waals surface area contributed by atoms with E-state index in [4.69, 9.17) is 4.74 Å². The molecule has 0 radical (unpaired) electrons. The van der Waals surface area contributed by atoms with E-state index in [2.05, 4.69) is 34.6 Å². The molecule has 5 aliphatic rings. The monoisotopic (exact) mass is 400 g/mol. The van der Waals surface area contributed by atoms with Crippen LogP contribution in [0.2, 0.25) is 0 Å². The van der Waals surface area contributed by atoms with E-state index in [0.717, 1.165) is 48.0 Å². The number of hydrogen-bond donors (Lipinski definition) is 0. The van der Waals surface area contributed by atoms with Gasteiger partial charge in [0, 0.05) is 0 Å². The fraction of sp³-hybridized carbons (Fsp3) is 1.00. The van der Waals surface area contributed by atoms with Crippen LogP contribution in [-0.4, -0.2) is 12.2 Å². The summed E-state index contributed by atoms with van der Waals surface area (Å²) < 4.78 is 5.94. The van der Waals surface area contributed by atoms with Crippen LogP contribution >= 0.6 is 0 Å². The molecule has 4 aliphatic carbocycles. The SMILES string of the molecule is CC(C)CCC[C@@H](C)[C@H]1CC[C@H]2[C@@H]3CCC4C[C@]5(CC[C@]4(C)[C@H]3CC[C@]12C)CO5. The van der Waals surface area contributed by atoms with Crippen molar-refractivity contribution in [2.75, 3.05) is 6.61 Å². The van der Waals surface area contributed by atoms with Gasteiger partial charge in [0.25, 0.3) is 0 Å². The summed E-state index contributed by atoms with van der Waals surface area (Å²) >= 11 is 0. The van der Waals surface area contributed by atoms with Gasteiger partial charge in [0.1, 0.15) is 0 Å². The highest BCUT2D eigenvalue weighted by atomic mass is 16.6. The average Bonchev–Trinajstić information content (AvgIpc) is 3.33. The molecule has 9 atom stereocenters. The van der Waals surface area contributed by atoms with Gasteiger partial charge in [0.05, 0.1) is 12.2 Å². The van der Waals surface area contributed by atoms with Gasteiger partial charge >= 0.3 is 0 Å². The van der Waals surface area contributed by atoms with E-state index >= 15 is 0 Å². The van der Waals surface area contributed by atoms with Gasteiger partial charge < -0.3 is 4.74 Å². The van der Waals surface area contributed by atoms with Crippen LogP contribution in [0.25, 0.3) is 0 Å². The number of fused-ring (bicyclic) bond motifs is 5. The molecule has 29 heavy (non-hydrogen) atoms. The maximum atomic E-state index is 5.94. The molecule has 1 unspecified atom stereocenters. The van der Waals surface area contributed by atoms with E-state index in [9.17, 15) is 0 Å². The Morgan fingerprint density at radius 3 is 2.31 bits per heavy atom. The topological polar surface area (TPSA) is 12.5 Å². The Morgan fingerprint density at radius 2 is 1.59 bits per heavy atom. The third-order valence-corrected chi connectivity index (χ3v) is 11.6. The summed E-state index contributed by atoms with van der Waals surface area (Å²) in [4.78, 5) is 0. The second-order valence-electron chi connectivity index (χ2n) is 13.4. The first-order chi connectivity index (χ1) is 13.8. The van der Waals surface area contributed by atoms with Crippen molar-refractivity contribution in [2.24, 2.45) is 52.3 Å². The zero-order valence-corrected chi connectivity index (χ0v) is 20.1. The maximum Gasteiger partial charge on any atom is 0.0919 e. The summed E-state index contributed by atoms with van der Waals surface area (Å²) in [6.45, 7) is 13.9. The molecule has 0 N–H and O–H groups in total. The van der Waals surface area contributed by atoms with Gasteiger partial charge in [-0.3, -0.25) is 0 Å². The summed E-state index contributed by atoms with van der Waals surface area (Å²) in [7, 11) is 0. The molecule has 4 saturated carbocycles. The molecule has 0 aromatic heterocycles. The third-order valence-electron chi connectivity index (χ3n) is 11.6. The molecule has 1 spiro atoms. The number of rotatable bonds is 5. The lowest BCUT2D eigenvalue weighted by Gasteiger charge is -2.61. The van der Waals surface area contributed by atoms with Gasteiger partial charge in [-0.2, -0.15) is 0 Å². The molecule has 5 fully saturated rings. The summed E-state index contributed by atoms with van der Waals surface area (Å²) in [6, 6.07) is 0. The Balaban J connectivity index is 1.29. The van der Waals surface area contributed by atoms with Crippen molar-refractivity contribution >= 4 is 0 Å². The molecule has 1 aliphatic heterocycles. The second-order valence-corrected chi connectivity index (χ2v) is 13.4. The highest BCUT2D eigenvalue weighted by molar-refractivity contribution is 5.12. The summed E-state index contributed by atoms with van der Waals surface area (Å²) in [5.41, 5.74) is 1.63. The van der Waals surface area contributed by atoms with Gasteiger partial charge in [-0.1, -0.05) is 53.9 Å². The largest absolute Gasteiger partial charge is 0.370 e. The van der Waals surface area contributed by atoms with Crippen LogP contribution in [0.5, 0.6) is 0 Å².